The van der Waals surface area contributed by atoms with Crippen molar-refractivity contribution in [3.8, 4) is 0 Å². The number of nitrogens with zero attached hydrogens (tertiary/aromatic N) is 1. The van der Waals surface area contributed by atoms with E-state index in [1.165, 1.54) is 0 Å². The van der Waals surface area contributed by atoms with Gasteiger partial charge in [-0.3, -0.25) is 4.99 Å². The molecule has 122 valence electrons. The largest absolute Gasteiger partial charge is 0.453 e. The number of hydrogen-bond donors (Lipinski definition) is 0. The van der Waals surface area contributed by atoms with E-state index in [1.807, 2.05) is 80.6 Å². The fourth-order valence-corrected chi connectivity index (χ4v) is 2.57. The fraction of sp³-hybridized carbons (Fsp3) is 0.150. The van der Waals surface area contributed by atoms with Crippen LogP contribution in [0.1, 0.15) is 19.4 Å². The molecule has 2 aromatic carbocycles. The molecule has 0 aliphatic carbocycles. The molecule has 1 heterocycles. The summed E-state index contributed by atoms with van der Waals surface area (Å²) in [6.45, 7) is 3.78. The normalized spacial score (nSPS) is 18.1. The molecule has 2 aromatic rings. The summed E-state index contributed by atoms with van der Waals surface area (Å²) in [6.07, 6.45) is 5.46. The molecule has 0 saturated carbocycles. The smallest absolute Gasteiger partial charge is 0.245 e. The summed E-state index contributed by atoms with van der Waals surface area (Å²) in [7, 11) is 0. The van der Waals surface area contributed by atoms with Crippen LogP contribution in [0.4, 0.5) is 5.69 Å². The van der Waals surface area contributed by atoms with Crippen molar-refractivity contribution in [2.24, 2.45) is 4.99 Å². The van der Waals surface area contributed by atoms with E-state index in [0.29, 0.717) is 5.76 Å². The molecule has 3 nitrogen and oxygen atoms in total. The predicted molar refractivity (Wildman–Crippen MR) is 101 cm³/mol. The molecule has 0 saturated heterocycles. The van der Waals surface area contributed by atoms with E-state index in [1.54, 1.807) is 6.21 Å². The van der Waals surface area contributed by atoms with Crippen molar-refractivity contribution in [1.82, 2.24) is 0 Å². The maximum absolute atomic E-state index is 5.92. The van der Waals surface area contributed by atoms with Crippen LogP contribution < -0.4 is 0 Å². The van der Waals surface area contributed by atoms with Gasteiger partial charge in [0.15, 0.2) is 0 Å². The number of allylic oxidation sites excluding steroid dienone is 2. The second kappa shape index (κ2) is 7.05. The van der Waals surface area contributed by atoms with Gasteiger partial charge in [-0.2, -0.15) is 0 Å². The van der Waals surface area contributed by atoms with Crippen LogP contribution in [0.25, 0.3) is 5.76 Å². The van der Waals surface area contributed by atoms with Crippen LogP contribution >= 0.6 is 15.9 Å². The first kappa shape index (κ1) is 16.5. The molecule has 1 aliphatic rings. The summed E-state index contributed by atoms with van der Waals surface area (Å²) in [4.78, 5) is 4.41. The first-order valence-corrected chi connectivity index (χ1v) is 8.46. The average Bonchev–Trinajstić information content (AvgIpc) is 2.56. The Labute approximate surface area is 150 Å². The minimum absolute atomic E-state index is 0.714. The quantitative estimate of drug-likeness (QED) is 0.621. The van der Waals surface area contributed by atoms with Crippen LogP contribution in [0.5, 0.6) is 0 Å². The van der Waals surface area contributed by atoms with Gasteiger partial charge in [0.05, 0.1) is 5.69 Å². The monoisotopic (exact) mass is 383 g/mol. The van der Waals surface area contributed by atoms with Crippen LogP contribution in [0.15, 0.2) is 82.0 Å². The molecule has 0 amide bonds. The third-order valence-electron chi connectivity index (χ3n) is 3.34. The maximum Gasteiger partial charge on any atom is 0.245 e. The van der Waals surface area contributed by atoms with Crippen molar-refractivity contribution < 1.29 is 9.47 Å². The summed E-state index contributed by atoms with van der Waals surface area (Å²) in [5.41, 5.74) is 1.90. The van der Waals surface area contributed by atoms with Crippen LogP contribution in [-0.4, -0.2) is 12.0 Å². The zero-order valence-electron chi connectivity index (χ0n) is 13.6. The van der Waals surface area contributed by atoms with Crippen molar-refractivity contribution in [2.45, 2.75) is 19.6 Å². The van der Waals surface area contributed by atoms with Crippen molar-refractivity contribution >= 4 is 33.6 Å². The summed E-state index contributed by atoms with van der Waals surface area (Å²) in [5, 5.41) is 0. The van der Waals surface area contributed by atoms with Gasteiger partial charge in [-0.1, -0.05) is 46.3 Å². The molecule has 0 atom stereocenters. The molecule has 1 aliphatic heterocycles. The lowest BCUT2D eigenvalue weighted by Gasteiger charge is -2.33. The highest BCUT2D eigenvalue weighted by Crippen LogP contribution is 2.32. The summed E-state index contributed by atoms with van der Waals surface area (Å²) >= 11 is 3.41. The SMILES string of the molecule is CC1(C)OC(c2ccccc2)=C/C(=C\C=Nc2ccc(Br)cc2)O1. The minimum Gasteiger partial charge on any atom is -0.453 e. The molecular formula is C20H18BrNO2. The lowest BCUT2D eigenvalue weighted by atomic mass is 10.1. The number of benzene rings is 2. The number of hydrogen-bond acceptors (Lipinski definition) is 3. The number of halogens is 1. The Morgan fingerprint density at radius 1 is 0.958 bits per heavy atom. The summed E-state index contributed by atoms with van der Waals surface area (Å²) < 4.78 is 12.8. The third-order valence-corrected chi connectivity index (χ3v) is 3.87. The molecule has 0 unspecified atom stereocenters. The van der Waals surface area contributed by atoms with Crippen molar-refractivity contribution in [3.05, 3.63) is 82.5 Å². The van der Waals surface area contributed by atoms with Gasteiger partial charge in [0.2, 0.25) is 5.79 Å². The summed E-state index contributed by atoms with van der Waals surface area (Å²) in [5.74, 6) is 0.776. The second-order valence-electron chi connectivity index (χ2n) is 5.80. The maximum atomic E-state index is 5.92. The second-order valence-corrected chi connectivity index (χ2v) is 6.72. The van der Waals surface area contributed by atoms with Crippen LogP contribution in [0.2, 0.25) is 0 Å². The van der Waals surface area contributed by atoms with Crippen LogP contribution in [0, 0.1) is 0 Å². The van der Waals surface area contributed by atoms with Gasteiger partial charge < -0.3 is 9.47 Å². The standard InChI is InChI=1S/C20H18BrNO2/c1-20(2)23-18(12-13-22-17-10-8-16(21)9-11-17)14-19(24-20)15-6-4-3-5-7-15/h3-14H,1-2H3/b18-12+,22-13?. The lowest BCUT2D eigenvalue weighted by molar-refractivity contribution is -0.149. The highest BCUT2D eigenvalue weighted by atomic mass is 79.9. The average molecular weight is 384 g/mol. The van der Waals surface area contributed by atoms with Gasteiger partial charge in [-0.05, 0) is 30.3 Å². The Morgan fingerprint density at radius 3 is 2.38 bits per heavy atom. The van der Waals surface area contributed by atoms with E-state index in [0.717, 1.165) is 21.5 Å². The van der Waals surface area contributed by atoms with Crippen molar-refractivity contribution in [1.29, 1.82) is 0 Å². The van der Waals surface area contributed by atoms with Gasteiger partial charge >= 0.3 is 0 Å². The first-order chi connectivity index (χ1) is 11.5. The number of aliphatic imine (C=N–C) groups is 1. The Balaban J connectivity index is 1.84. The zero-order valence-corrected chi connectivity index (χ0v) is 15.2. The van der Waals surface area contributed by atoms with E-state index in [4.69, 9.17) is 9.47 Å². The van der Waals surface area contributed by atoms with Crippen molar-refractivity contribution in [2.75, 3.05) is 0 Å². The molecular weight excluding hydrogens is 366 g/mol. The molecule has 0 bridgehead atoms. The molecule has 4 heteroatoms. The summed E-state index contributed by atoms with van der Waals surface area (Å²) in [6, 6.07) is 17.8. The molecule has 24 heavy (non-hydrogen) atoms. The van der Waals surface area contributed by atoms with Crippen LogP contribution in [-0.2, 0) is 9.47 Å². The molecule has 0 aromatic heterocycles. The first-order valence-electron chi connectivity index (χ1n) is 7.67. The van der Waals surface area contributed by atoms with E-state index >= 15 is 0 Å². The Kier molecular flexibility index (Phi) is 4.86. The van der Waals surface area contributed by atoms with Gasteiger partial charge in [0.1, 0.15) is 11.5 Å². The Hall–Kier alpha value is -2.33. The molecule has 3 rings (SSSR count). The molecule has 0 N–H and O–H groups in total. The Morgan fingerprint density at radius 2 is 1.67 bits per heavy atom. The van der Waals surface area contributed by atoms with Gasteiger partial charge in [0.25, 0.3) is 0 Å². The van der Waals surface area contributed by atoms with E-state index in [2.05, 4.69) is 20.9 Å². The highest BCUT2D eigenvalue weighted by molar-refractivity contribution is 9.10. The topological polar surface area (TPSA) is 30.8 Å². The lowest BCUT2D eigenvalue weighted by Crippen LogP contribution is -2.30. The van der Waals surface area contributed by atoms with Gasteiger partial charge in [-0.15, -0.1) is 0 Å². The minimum atomic E-state index is -0.725. The van der Waals surface area contributed by atoms with Crippen molar-refractivity contribution in [3.63, 3.8) is 0 Å². The zero-order chi connectivity index (χ0) is 17.0. The third kappa shape index (κ3) is 4.36. The van der Waals surface area contributed by atoms with Gasteiger partial charge in [0, 0.05) is 36.2 Å². The number of rotatable bonds is 3. The predicted octanol–water partition coefficient (Wildman–Crippen LogP) is 5.86. The molecule has 0 radical (unpaired) electrons. The van der Waals surface area contributed by atoms with Crippen LogP contribution in [0.3, 0.4) is 0 Å². The van der Waals surface area contributed by atoms with E-state index in [-0.39, 0.29) is 0 Å². The Bertz CT molecular complexity index is 790. The highest BCUT2D eigenvalue weighted by Gasteiger charge is 2.28. The van der Waals surface area contributed by atoms with Gasteiger partial charge in [-0.25, -0.2) is 0 Å². The number of ether oxygens (including phenoxy) is 2. The van der Waals surface area contributed by atoms with E-state index in [9.17, 15) is 0 Å². The molecule has 0 fully saturated rings. The van der Waals surface area contributed by atoms with E-state index < -0.39 is 5.79 Å². The fourth-order valence-electron chi connectivity index (χ4n) is 2.31. The molecule has 0 spiro atoms.